The van der Waals surface area contributed by atoms with E-state index in [-0.39, 0.29) is 29.3 Å². The number of likely N-dealkylation sites (tertiary alicyclic amines) is 1. The molecule has 216 valence electrons. The van der Waals surface area contributed by atoms with Crippen LogP contribution in [-0.2, 0) is 9.54 Å². The van der Waals surface area contributed by atoms with E-state index in [1.165, 1.54) is 12.1 Å². The molecule has 2 aliphatic rings. The zero-order chi connectivity index (χ0) is 29.0. The number of ketones is 1. The Bertz CT molecular complexity index is 1370. The molecule has 0 radical (unpaired) electrons. The molecular weight excluding hydrogens is 535 g/mol. The van der Waals surface area contributed by atoms with Crippen LogP contribution in [0.5, 0.6) is 5.75 Å². The number of Topliss-reactive ketones (excluding diaryl/α,β-unsaturated/α-hetero) is 1. The molecule has 2 heterocycles. The number of amides is 1. The lowest BCUT2D eigenvalue weighted by Gasteiger charge is -2.43. The van der Waals surface area contributed by atoms with Crippen molar-refractivity contribution in [3.8, 4) is 5.75 Å². The molecule has 1 atom stereocenters. The third-order valence-corrected chi connectivity index (χ3v) is 10.2. The number of fused-ring (bicyclic) bond motifs is 1. The first-order chi connectivity index (χ1) is 19.8. The third-order valence-electron chi connectivity index (χ3n) is 8.43. The Morgan fingerprint density at radius 1 is 1.00 bits per heavy atom. The van der Waals surface area contributed by atoms with E-state index in [0.717, 1.165) is 67.2 Å². The Morgan fingerprint density at radius 2 is 1.68 bits per heavy atom. The van der Waals surface area contributed by atoms with Gasteiger partial charge in [0.05, 0.1) is 12.3 Å². The molecule has 3 aromatic rings. The van der Waals surface area contributed by atoms with Crippen LogP contribution in [-0.4, -0.2) is 49.9 Å². The second-order valence-corrected chi connectivity index (χ2v) is 12.7. The number of rotatable bonds is 10. The lowest BCUT2D eigenvalue weighted by molar-refractivity contribution is -0.122. The summed E-state index contributed by atoms with van der Waals surface area (Å²) in [5.41, 5.74) is 2.48. The Balaban J connectivity index is 1.15. The summed E-state index contributed by atoms with van der Waals surface area (Å²) in [5.74, 6) is 0.723. The van der Waals surface area contributed by atoms with E-state index in [2.05, 4.69) is 24.8 Å². The zero-order valence-electron chi connectivity index (χ0n) is 24.1. The summed E-state index contributed by atoms with van der Waals surface area (Å²) in [6.45, 7) is 7.56. The number of unbranched alkanes of at least 4 members (excludes halogenated alkanes) is 1. The topological polar surface area (TPSA) is 49.9 Å². The van der Waals surface area contributed by atoms with Crippen LogP contribution < -0.4 is 9.64 Å². The second-order valence-electron chi connectivity index (χ2n) is 11.4. The van der Waals surface area contributed by atoms with Gasteiger partial charge in [-0.1, -0.05) is 44.2 Å². The van der Waals surface area contributed by atoms with Gasteiger partial charge >= 0.3 is 0 Å². The van der Waals surface area contributed by atoms with Gasteiger partial charge in [-0.2, -0.15) is 0 Å². The van der Waals surface area contributed by atoms with Crippen molar-refractivity contribution in [2.45, 2.75) is 49.2 Å². The fraction of sp³-hybridized carbons (Fsp3) is 0.412. The fourth-order valence-corrected chi connectivity index (χ4v) is 7.57. The van der Waals surface area contributed by atoms with Crippen molar-refractivity contribution in [3.05, 3.63) is 89.7 Å². The number of hydrogen-bond acceptors (Lipinski definition) is 5. The van der Waals surface area contributed by atoms with Crippen LogP contribution in [0.15, 0.2) is 77.7 Å². The summed E-state index contributed by atoms with van der Waals surface area (Å²) in [4.78, 5) is 32.0. The highest BCUT2D eigenvalue weighted by Crippen LogP contribution is 2.56. The van der Waals surface area contributed by atoms with E-state index in [9.17, 15) is 14.0 Å². The van der Waals surface area contributed by atoms with E-state index in [4.69, 9.17) is 4.74 Å². The lowest BCUT2D eigenvalue weighted by Crippen LogP contribution is -2.49. The van der Waals surface area contributed by atoms with Gasteiger partial charge in [0.2, 0.25) is 5.91 Å². The lowest BCUT2D eigenvalue weighted by atomic mass is 9.85. The predicted molar refractivity (Wildman–Crippen MR) is 163 cm³/mol. The monoisotopic (exact) mass is 574 g/mol. The molecule has 41 heavy (non-hydrogen) atoms. The van der Waals surface area contributed by atoms with Crippen molar-refractivity contribution < 1.29 is 18.7 Å². The van der Waals surface area contributed by atoms with Gasteiger partial charge in [0.25, 0.3) is 0 Å². The molecule has 1 unspecified atom stereocenters. The Hall–Kier alpha value is -3.16. The van der Waals surface area contributed by atoms with E-state index >= 15 is 0 Å². The highest BCUT2D eigenvalue weighted by atomic mass is 32.2. The van der Waals surface area contributed by atoms with Gasteiger partial charge < -0.3 is 14.5 Å². The maximum atomic E-state index is 13.9. The minimum Gasteiger partial charge on any atom is -0.493 e. The van der Waals surface area contributed by atoms with Crippen LogP contribution in [0.1, 0.15) is 55.5 Å². The molecular formula is C34H39FN2O3S. The van der Waals surface area contributed by atoms with Crippen LogP contribution in [0, 0.1) is 17.7 Å². The summed E-state index contributed by atoms with van der Waals surface area (Å²) in [6.07, 6.45) is 3.57. The molecule has 1 amide bonds. The molecule has 1 fully saturated rings. The molecule has 5 nitrogen and oxygen atoms in total. The molecule has 7 heteroatoms. The maximum Gasteiger partial charge on any atom is 0.248 e. The van der Waals surface area contributed by atoms with Crippen molar-refractivity contribution in [2.75, 3.05) is 38.2 Å². The SMILES string of the molecule is CC(C)C1(c2ccccc2OCCCCN2CCC(C(=O)c3ccc(F)cc3)CC2)Sc2ccccc2N(C)C1=O. The first kappa shape index (κ1) is 29.3. The number of thioether (sulfide) groups is 1. The van der Waals surface area contributed by atoms with Crippen LogP contribution in [0.4, 0.5) is 10.1 Å². The Morgan fingerprint density at radius 3 is 2.41 bits per heavy atom. The number of nitrogens with zero attached hydrogens (tertiary/aromatic N) is 2. The van der Waals surface area contributed by atoms with Crippen molar-refractivity contribution in [2.24, 2.45) is 11.8 Å². The van der Waals surface area contributed by atoms with Crippen LogP contribution >= 0.6 is 11.8 Å². The minimum absolute atomic E-state index is 0.0104. The number of piperidine rings is 1. The number of hydrogen-bond donors (Lipinski definition) is 0. The van der Waals surface area contributed by atoms with Gasteiger partial charge in [-0.05, 0) is 93.7 Å². The number of likely N-dealkylation sites (N-methyl/N-ethyl adjacent to an activating group) is 1. The highest BCUT2D eigenvalue weighted by molar-refractivity contribution is 8.01. The third kappa shape index (κ3) is 6.07. The smallest absolute Gasteiger partial charge is 0.248 e. The molecule has 0 aromatic heterocycles. The van der Waals surface area contributed by atoms with E-state index in [0.29, 0.717) is 12.2 Å². The summed E-state index contributed by atoms with van der Waals surface area (Å²) in [6, 6.07) is 22.0. The van der Waals surface area contributed by atoms with Crippen molar-refractivity contribution in [3.63, 3.8) is 0 Å². The number of halogens is 1. The molecule has 1 saturated heterocycles. The van der Waals surface area contributed by atoms with Gasteiger partial charge in [0, 0.05) is 29.0 Å². The average molecular weight is 575 g/mol. The fourth-order valence-electron chi connectivity index (χ4n) is 6.03. The molecule has 0 aliphatic carbocycles. The van der Waals surface area contributed by atoms with Gasteiger partial charge in [0.15, 0.2) is 5.78 Å². The first-order valence-corrected chi connectivity index (χ1v) is 15.4. The number of ether oxygens (including phenoxy) is 1. The van der Waals surface area contributed by atoms with E-state index in [1.54, 1.807) is 28.8 Å². The van der Waals surface area contributed by atoms with Crippen molar-refractivity contribution in [1.29, 1.82) is 0 Å². The van der Waals surface area contributed by atoms with Gasteiger partial charge in [-0.15, -0.1) is 11.8 Å². The molecule has 0 spiro atoms. The van der Waals surface area contributed by atoms with Gasteiger partial charge in [-0.25, -0.2) is 4.39 Å². The largest absolute Gasteiger partial charge is 0.493 e. The number of benzene rings is 3. The summed E-state index contributed by atoms with van der Waals surface area (Å²) >= 11 is 1.64. The van der Waals surface area contributed by atoms with Crippen LogP contribution in [0.2, 0.25) is 0 Å². The van der Waals surface area contributed by atoms with Crippen LogP contribution in [0.25, 0.3) is 0 Å². The number of carbonyl (C=O) groups excluding carboxylic acids is 2. The molecule has 2 aliphatic heterocycles. The molecule has 0 saturated carbocycles. The summed E-state index contributed by atoms with van der Waals surface area (Å²) in [5, 5.41) is 0. The van der Waals surface area contributed by atoms with E-state index in [1.807, 2.05) is 49.5 Å². The Kier molecular flexibility index (Phi) is 9.15. The zero-order valence-corrected chi connectivity index (χ0v) is 25.0. The minimum atomic E-state index is -0.768. The summed E-state index contributed by atoms with van der Waals surface area (Å²) < 4.78 is 18.8. The highest BCUT2D eigenvalue weighted by Gasteiger charge is 2.51. The van der Waals surface area contributed by atoms with Crippen LogP contribution in [0.3, 0.4) is 0 Å². The molecule has 0 bridgehead atoms. The first-order valence-electron chi connectivity index (χ1n) is 14.6. The quantitative estimate of drug-likeness (QED) is 0.189. The normalized spacial score (nSPS) is 19.8. The van der Waals surface area contributed by atoms with Crippen molar-refractivity contribution >= 4 is 29.1 Å². The average Bonchev–Trinajstić information content (AvgIpc) is 2.99. The number of anilines is 1. The summed E-state index contributed by atoms with van der Waals surface area (Å²) in [7, 11) is 1.86. The molecule has 3 aromatic carbocycles. The van der Waals surface area contributed by atoms with Gasteiger partial charge in [0.1, 0.15) is 16.3 Å². The second kappa shape index (κ2) is 12.8. The van der Waals surface area contributed by atoms with E-state index < -0.39 is 4.75 Å². The van der Waals surface area contributed by atoms with Gasteiger partial charge in [-0.3, -0.25) is 9.59 Å². The molecule has 5 rings (SSSR count). The van der Waals surface area contributed by atoms with Crippen molar-refractivity contribution in [1.82, 2.24) is 4.90 Å². The standard InChI is InChI=1S/C34H39FN2O3S/c1-24(2)34(33(39)36(3)29-11-5-7-13-31(29)41-34)28-10-4-6-12-30(28)40-23-9-8-20-37-21-18-26(19-22-37)32(38)25-14-16-27(35)17-15-25/h4-7,10-17,24,26H,8-9,18-23H2,1-3H3. The maximum absolute atomic E-state index is 13.9. The molecule has 0 N–H and O–H groups in total. The number of para-hydroxylation sites is 2. The number of carbonyl (C=O) groups is 2. The predicted octanol–water partition coefficient (Wildman–Crippen LogP) is 7.20. The Labute approximate surface area is 247 Å².